The van der Waals surface area contributed by atoms with E-state index in [0.717, 1.165) is 18.6 Å². The summed E-state index contributed by atoms with van der Waals surface area (Å²) in [6, 6.07) is 6.60. The Morgan fingerprint density at radius 1 is 1.23 bits per heavy atom. The minimum atomic E-state index is -4.17. The van der Waals surface area contributed by atoms with Crippen molar-refractivity contribution in [3.63, 3.8) is 0 Å². The summed E-state index contributed by atoms with van der Waals surface area (Å²) in [5.41, 5.74) is 6.07. The highest BCUT2D eigenvalue weighted by molar-refractivity contribution is 7.91. The van der Waals surface area contributed by atoms with E-state index in [2.05, 4.69) is 5.32 Å². The average molecular weight is 380 g/mol. The van der Waals surface area contributed by atoms with Crippen LogP contribution in [0.3, 0.4) is 0 Å². The molecule has 26 heavy (non-hydrogen) atoms. The number of carbonyl (C=O) groups excluding carboxylic acids is 1. The summed E-state index contributed by atoms with van der Waals surface area (Å²) in [4.78, 5) is 10.2. The number of hydrogen-bond acceptors (Lipinski definition) is 3. The number of urea groups is 1. The second kappa shape index (κ2) is 7.03. The molecule has 0 heterocycles. The molecule has 8 heteroatoms. The highest BCUT2D eigenvalue weighted by Crippen LogP contribution is 2.36. The van der Waals surface area contributed by atoms with Crippen LogP contribution in [0.25, 0.3) is 0 Å². The van der Waals surface area contributed by atoms with Gasteiger partial charge in [0.1, 0.15) is 16.5 Å². The number of halogens is 2. The van der Waals surface area contributed by atoms with Gasteiger partial charge in [-0.3, -0.25) is 0 Å². The van der Waals surface area contributed by atoms with Gasteiger partial charge in [0.15, 0.2) is 0 Å². The third-order valence-electron chi connectivity index (χ3n) is 4.58. The van der Waals surface area contributed by atoms with Crippen LogP contribution in [0.1, 0.15) is 29.9 Å². The van der Waals surface area contributed by atoms with E-state index in [-0.39, 0.29) is 17.4 Å². The van der Waals surface area contributed by atoms with Gasteiger partial charge in [0, 0.05) is 12.5 Å². The summed E-state index contributed by atoms with van der Waals surface area (Å²) in [5, 5.41) is 2.51. The molecule has 0 bridgehead atoms. The molecule has 0 aliphatic heterocycles. The first-order valence-electron chi connectivity index (χ1n) is 8.16. The van der Waals surface area contributed by atoms with E-state index < -0.39 is 32.4 Å². The van der Waals surface area contributed by atoms with Crippen LogP contribution in [0.5, 0.6) is 0 Å². The minimum absolute atomic E-state index is 0.133. The molecule has 0 saturated carbocycles. The number of primary amides is 1. The van der Waals surface area contributed by atoms with E-state index in [4.69, 9.17) is 5.73 Å². The number of fused-ring (bicyclic) bond motifs is 1. The number of amides is 2. The summed E-state index contributed by atoms with van der Waals surface area (Å²) in [6.07, 6.45) is 1.81. The van der Waals surface area contributed by atoms with Gasteiger partial charge in [-0.25, -0.2) is 22.0 Å². The van der Waals surface area contributed by atoms with Crippen LogP contribution >= 0.6 is 0 Å². The average Bonchev–Trinajstić information content (AvgIpc) is 2.60. The van der Waals surface area contributed by atoms with Crippen LogP contribution in [-0.2, 0) is 16.3 Å². The monoisotopic (exact) mass is 380 g/mol. The van der Waals surface area contributed by atoms with Gasteiger partial charge in [0.05, 0.1) is 4.90 Å². The molecule has 2 aromatic carbocycles. The van der Waals surface area contributed by atoms with Crippen molar-refractivity contribution in [2.24, 2.45) is 5.73 Å². The lowest BCUT2D eigenvalue weighted by Crippen LogP contribution is -2.34. The van der Waals surface area contributed by atoms with Gasteiger partial charge in [-0.1, -0.05) is 12.1 Å². The molecule has 0 saturated heterocycles. The van der Waals surface area contributed by atoms with E-state index >= 15 is 4.39 Å². The SMILES string of the molecule is NC(=O)NC[C@@H]1CCCc2c1ccc(S(=O)(=O)c1cccc(F)c1)c2F. The second-order valence-electron chi connectivity index (χ2n) is 6.24. The first-order valence-corrected chi connectivity index (χ1v) is 9.64. The van der Waals surface area contributed by atoms with Crippen molar-refractivity contribution in [1.82, 2.24) is 5.32 Å². The van der Waals surface area contributed by atoms with Crippen LogP contribution in [0.2, 0.25) is 0 Å². The standard InChI is InChI=1S/C18H18F2N2O3S/c19-12-4-2-5-13(9-12)26(24,25)16-8-7-14-11(10-22-18(21)23)3-1-6-15(14)17(16)20/h2,4-5,7-9,11H,1,3,6,10H2,(H3,21,22,23)/t11-/m0/s1. The zero-order chi connectivity index (χ0) is 18.9. The van der Waals surface area contributed by atoms with Gasteiger partial charge in [0.2, 0.25) is 9.84 Å². The van der Waals surface area contributed by atoms with E-state index in [1.54, 1.807) is 6.07 Å². The van der Waals surface area contributed by atoms with E-state index in [0.29, 0.717) is 24.0 Å². The van der Waals surface area contributed by atoms with Crippen molar-refractivity contribution in [2.45, 2.75) is 35.0 Å². The van der Waals surface area contributed by atoms with Crippen LogP contribution in [-0.4, -0.2) is 21.0 Å². The smallest absolute Gasteiger partial charge is 0.312 e. The number of nitrogens with one attached hydrogen (secondary N) is 1. The van der Waals surface area contributed by atoms with Crippen molar-refractivity contribution in [3.05, 3.63) is 59.2 Å². The van der Waals surface area contributed by atoms with Gasteiger partial charge in [-0.15, -0.1) is 0 Å². The zero-order valence-electron chi connectivity index (χ0n) is 13.8. The Balaban J connectivity index is 2.03. The molecular weight excluding hydrogens is 362 g/mol. The predicted molar refractivity (Wildman–Crippen MR) is 91.5 cm³/mol. The molecule has 0 fully saturated rings. The fraction of sp³-hybridized carbons (Fsp3) is 0.278. The lowest BCUT2D eigenvalue weighted by Gasteiger charge is -2.26. The van der Waals surface area contributed by atoms with Gasteiger partial charge < -0.3 is 11.1 Å². The van der Waals surface area contributed by atoms with Crippen LogP contribution in [0.4, 0.5) is 13.6 Å². The van der Waals surface area contributed by atoms with Gasteiger partial charge in [0.25, 0.3) is 0 Å². The highest BCUT2D eigenvalue weighted by atomic mass is 32.2. The van der Waals surface area contributed by atoms with Crippen molar-refractivity contribution in [2.75, 3.05) is 6.54 Å². The second-order valence-corrected chi connectivity index (χ2v) is 8.16. The number of benzene rings is 2. The van der Waals surface area contributed by atoms with Gasteiger partial charge >= 0.3 is 6.03 Å². The van der Waals surface area contributed by atoms with Gasteiger partial charge in [-0.05, 0) is 54.7 Å². The molecule has 138 valence electrons. The quantitative estimate of drug-likeness (QED) is 0.855. The summed E-state index contributed by atoms with van der Waals surface area (Å²) in [7, 11) is -4.17. The molecule has 3 rings (SSSR count). The fourth-order valence-electron chi connectivity index (χ4n) is 3.34. The molecule has 2 amide bonds. The maximum Gasteiger partial charge on any atom is 0.312 e. The largest absolute Gasteiger partial charge is 0.352 e. The Bertz CT molecular complexity index is 961. The van der Waals surface area contributed by atoms with Gasteiger partial charge in [-0.2, -0.15) is 0 Å². The number of carbonyl (C=O) groups is 1. The number of sulfone groups is 1. The Kier molecular flexibility index (Phi) is 4.95. The fourth-order valence-corrected chi connectivity index (χ4v) is 4.72. The van der Waals surface area contributed by atoms with Crippen LogP contribution < -0.4 is 11.1 Å². The predicted octanol–water partition coefficient (Wildman–Crippen LogP) is 2.89. The van der Waals surface area contributed by atoms with E-state index in [9.17, 15) is 17.6 Å². The van der Waals surface area contributed by atoms with E-state index in [1.807, 2.05) is 0 Å². The molecule has 0 aromatic heterocycles. The lowest BCUT2D eigenvalue weighted by atomic mass is 9.82. The molecule has 3 N–H and O–H groups in total. The Morgan fingerprint density at radius 2 is 2.00 bits per heavy atom. The number of hydrogen-bond donors (Lipinski definition) is 2. The summed E-state index contributed by atoms with van der Waals surface area (Å²) in [5.74, 6) is -1.65. The maximum absolute atomic E-state index is 15.0. The summed E-state index contributed by atoms with van der Waals surface area (Å²) >= 11 is 0. The molecule has 1 aliphatic carbocycles. The summed E-state index contributed by atoms with van der Waals surface area (Å²) in [6.45, 7) is 0.262. The zero-order valence-corrected chi connectivity index (χ0v) is 14.7. The lowest BCUT2D eigenvalue weighted by molar-refractivity contribution is 0.248. The minimum Gasteiger partial charge on any atom is -0.352 e. The Morgan fingerprint density at radius 3 is 2.69 bits per heavy atom. The summed E-state index contributed by atoms with van der Waals surface area (Å²) < 4.78 is 53.8. The molecule has 0 spiro atoms. The van der Waals surface area contributed by atoms with Crippen LogP contribution in [0.15, 0.2) is 46.2 Å². The third kappa shape index (κ3) is 3.41. The third-order valence-corrected chi connectivity index (χ3v) is 6.35. The molecule has 5 nitrogen and oxygen atoms in total. The van der Waals surface area contributed by atoms with E-state index in [1.165, 1.54) is 18.2 Å². The number of nitrogens with two attached hydrogens (primary N) is 1. The first-order chi connectivity index (χ1) is 12.3. The molecule has 1 aliphatic rings. The van der Waals surface area contributed by atoms with Crippen molar-refractivity contribution in [1.29, 1.82) is 0 Å². The first kappa shape index (κ1) is 18.3. The molecule has 2 aromatic rings. The Labute approximate surface area is 150 Å². The molecule has 0 unspecified atom stereocenters. The molecule has 0 radical (unpaired) electrons. The topological polar surface area (TPSA) is 89.3 Å². The maximum atomic E-state index is 15.0. The molecule has 1 atom stereocenters. The molecular formula is C18H18F2N2O3S. The van der Waals surface area contributed by atoms with Crippen LogP contribution in [0, 0.1) is 11.6 Å². The normalized spacial score (nSPS) is 16.8. The highest BCUT2D eigenvalue weighted by Gasteiger charge is 2.29. The van der Waals surface area contributed by atoms with Crippen molar-refractivity contribution >= 4 is 15.9 Å². The van der Waals surface area contributed by atoms with Crippen molar-refractivity contribution in [3.8, 4) is 0 Å². The van der Waals surface area contributed by atoms with Crippen molar-refractivity contribution < 1.29 is 22.0 Å². The number of rotatable bonds is 4. The Hall–Kier alpha value is -2.48.